The highest BCUT2D eigenvalue weighted by atomic mass is 16.4. The molecule has 1 aromatic carbocycles. The fourth-order valence-corrected chi connectivity index (χ4v) is 1.89. The van der Waals surface area contributed by atoms with Crippen LogP contribution >= 0.6 is 0 Å². The van der Waals surface area contributed by atoms with Gasteiger partial charge in [-0.1, -0.05) is 12.1 Å². The Morgan fingerprint density at radius 1 is 1.29 bits per heavy atom. The number of nitrogens with one attached hydrogen (secondary N) is 1. The molecular weight excluding hydrogens is 218 g/mol. The van der Waals surface area contributed by atoms with Crippen LogP contribution in [-0.2, 0) is 11.2 Å². The van der Waals surface area contributed by atoms with Crippen LogP contribution in [0.4, 0.5) is 0 Å². The summed E-state index contributed by atoms with van der Waals surface area (Å²) >= 11 is 0. The number of H-pyrrole nitrogens is 1. The fourth-order valence-electron chi connectivity index (χ4n) is 1.89. The zero-order valence-electron chi connectivity index (χ0n) is 8.84. The van der Waals surface area contributed by atoms with Gasteiger partial charge in [-0.3, -0.25) is 9.78 Å². The molecule has 0 saturated heterocycles. The van der Waals surface area contributed by atoms with Crippen molar-refractivity contribution in [3.63, 3.8) is 0 Å². The molecule has 0 aliphatic carbocycles. The van der Waals surface area contributed by atoms with Crippen molar-refractivity contribution in [1.29, 1.82) is 0 Å². The lowest BCUT2D eigenvalue weighted by atomic mass is 10.2. The second-order valence-corrected chi connectivity index (χ2v) is 3.79. The van der Waals surface area contributed by atoms with E-state index in [0.29, 0.717) is 5.82 Å². The van der Waals surface area contributed by atoms with Crippen molar-refractivity contribution in [3.05, 3.63) is 36.3 Å². The topological polar surface area (TPSA) is 78.9 Å². The predicted octanol–water partition coefficient (Wildman–Crippen LogP) is 1.74. The first kappa shape index (κ1) is 9.77. The molecule has 84 valence electrons. The van der Waals surface area contributed by atoms with Crippen molar-refractivity contribution in [2.45, 2.75) is 6.42 Å². The van der Waals surface area contributed by atoms with Crippen molar-refractivity contribution < 1.29 is 9.90 Å². The maximum absolute atomic E-state index is 10.6. The zero-order chi connectivity index (χ0) is 11.8. The van der Waals surface area contributed by atoms with Crippen LogP contribution in [0.3, 0.4) is 0 Å². The third kappa shape index (κ3) is 1.61. The van der Waals surface area contributed by atoms with E-state index in [1.807, 2.05) is 24.3 Å². The lowest BCUT2D eigenvalue weighted by Crippen LogP contribution is -2.01. The van der Waals surface area contributed by atoms with Crippen molar-refractivity contribution in [1.82, 2.24) is 15.0 Å². The van der Waals surface area contributed by atoms with Gasteiger partial charge in [0.05, 0.1) is 11.0 Å². The van der Waals surface area contributed by atoms with E-state index < -0.39 is 5.97 Å². The smallest absolute Gasteiger partial charge is 0.311 e. The SMILES string of the molecule is O=C(O)Cc1nc2c(ccc3cccnc32)[nH]1. The number of aromatic nitrogens is 3. The fraction of sp³-hybridized carbons (Fsp3) is 0.0833. The maximum Gasteiger partial charge on any atom is 0.311 e. The quantitative estimate of drug-likeness (QED) is 0.698. The number of carboxylic acids is 1. The first-order chi connectivity index (χ1) is 8.24. The predicted molar refractivity (Wildman–Crippen MR) is 62.7 cm³/mol. The van der Waals surface area contributed by atoms with Crippen LogP contribution in [-0.4, -0.2) is 26.0 Å². The zero-order valence-corrected chi connectivity index (χ0v) is 8.84. The van der Waals surface area contributed by atoms with Gasteiger partial charge in [-0.15, -0.1) is 0 Å². The van der Waals surface area contributed by atoms with Gasteiger partial charge in [0.1, 0.15) is 17.8 Å². The Balaban J connectivity index is 2.27. The van der Waals surface area contributed by atoms with E-state index in [1.165, 1.54) is 0 Å². The molecule has 17 heavy (non-hydrogen) atoms. The summed E-state index contributed by atoms with van der Waals surface area (Å²) in [4.78, 5) is 22.2. The Bertz CT molecular complexity index is 718. The summed E-state index contributed by atoms with van der Waals surface area (Å²) in [5.41, 5.74) is 2.32. The second-order valence-electron chi connectivity index (χ2n) is 3.79. The highest BCUT2D eigenvalue weighted by Crippen LogP contribution is 2.21. The number of aromatic amines is 1. The van der Waals surface area contributed by atoms with E-state index in [9.17, 15) is 4.79 Å². The highest BCUT2D eigenvalue weighted by molar-refractivity contribution is 6.01. The van der Waals surface area contributed by atoms with Gasteiger partial charge in [-0.05, 0) is 12.1 Å². The number of carbonyl (C=O) groups is 1. The van der Waals surface area contributed by atoms with Crippen LogP contribution in [0.25, 0.3) is 21.9 Å². The number of pyridine rings is 1. The normalized spacial score (nSPS) is 11.1. The number of fused-ring (bicyclic) bond motifs is 3. The molecule has 5 heteroatoms. The lowest BCUT2D eigenvalue weighted by Gasteiger charge is -1.95. The van der Waals surface area contributed by atoms with Gasteiger partial charge >= 0.3 is 5.97 Å². The molecule has 0 fully saturated rings. The number of rotatable bonds is 2. The number of imidazole rings is 1. The summed E-state index contributed by atoms with van der Waals surface area (Å²) in [5.74, 6) is -0.452. The van der Waals surface area contributed by atoms with E-state index in [0.717, 1.165) is 21.9 Å². The van der Waals surface area contributed by atoms with E-state index in [-0.39, 0.29) is 6.42 Å². The molecule has 2 aromatic heterocycles. The van der Waals surface area contributed by atoms with Crippen molar-refractivity contribution in [3.8, 4) is 0 Å². The molecule has 2 heterocycles. The molecular formula is C12H9N3O2. The summed E-state index contributed by atoms with van der Waals surface area (Å²) in [6.45, 7) is 0. The first-order valence-electron chi connectivity index (χ1n) is 5.18. The number of carboxylic acid groups (broad SMARTS) is 1. The minimum Gasteiger partial charge on any atom is -0.481 e. The van der Waals surface area contributed by atoms with E-state index in [4.69, 9.17) is 5.11 Å². The number of benzene rings is 1. The summed E-state index contributed by atoms with van der Waals surface area (Å²) in [7, 11) is 0. The van der Waals surface area contributed by atoms with Crippen LogP contribution < -0.4 is 0 Å². The minimum absolute atomic E-state index is 0.108. The molecule has 0 aliphatic heterocycles. The molecule has 0 spiro atoms. The van der Waals surface area contributed by atoms with Gasteiger partial charge in [0.2, 0.25) is 0 Å². The summed E-state index contributed by atoms with van der Waals surface area (Å²) in [6, 6.07) is 7.64. The van der Waals surface area contributed by atoms with Crippen LogP contribution in [0, 0.1) is 0 Å². The van der Waals surface area contributed by atoms with Gasteiger partial charge in [0.25, 0.3) is 0 Å². The van der Waals surface area contributed by atoms with Gasteiger partial charge in [-0.2, -0.15) is 0 Å². The van der Waals surface area contributed by atoms with Crippen LogP contribution in [0.5, 0.6) is 0 Å². The van der Waals surface area contributed by atoms with Gasteiger partial charge in [0, 0.05) is 11.6 Å². The maximum atomic E-state index is 10.6. The number of hydrogen-bond donors (Lipinski definition) is 2. The van der Waals surface area contributed by atoms with E-state index >= 15 is 0 Å². The summed E-state index contributed by atoms with van der Waals surface area (Å²) in [5, 5.41) is 9.72. The first-order valence-corrected chi connectivity index (χ1v) is 5.18. The van der Waals surface area contributed by atoms with Gasteiger partial charge in [0.15, 0.2) is 0 Å². The third-order valence-corrected chi connectivity index (χ3v) is 2.59. The van der Waals surface area contributed by atoms with Crippen molar-refractivity contribution in [2.75, 3.05) is 0 Å². The van der Waals surface area contributed by atoms with Gasteiger partial charge in [-0.25, -0.2) is 4.98 Å². The Morgan fingerprint density at radius 3 is 3.00 bits per heavy atom. The molecule has 0 amide bonds. The molecule has 3 aromatic rings. The van der Waals surface area contributed by atoms with Crippen LogP contribution in [0.1, 0.15) is 5.82 Å². The van der Waals surface area contributed by atoms with E-state index in [2.05, 4.69) is 15.0 Å². The number of hydrogen-bond acceptors (Lipinski definition) is 3. The second kappa shape index (κ2) is 3.55. The third-order valence-electron chi connectivity index (χ3n) is 2.59. The van der Waals surface area contributed by atoms with Crippen molar-refractivity contribution >= 4 is 27.9 Å². The number of nitrogens with zero attached hydrogens (tertiary/aromatic N) is 2. The molecule has 0 aliphatic rings. The van der Waals surface area contributed by atoms with Crippen molar-refractivity contribution in [2.24, 2.45) is 0 Å². The monoisotopic (exact) mass is 227 g/mol. The molecule has 0 radical (unpaired) electrons. The van der Waals surface area contributed by atoms with Gasteiger partial charge < -0.3 is 10.1 Å². The average Bonchev–Trinajstić information content (AvgIpc) is 2.70. The molecule has 2 N–H and O–H groups in total. The lowest BCUT2D eigenvalue weighted by molar-refractivity contribution is -0.136. The largest absolute Gasteiger partial charge is 0.481 e. The molecule has 0 bridgehead atoms. The molecule has 3 rings (SSSR count). The number of aliphatic carboxylic acids is 1. The molecule has 0 atom stereocenters. The summed E-state index contributed by atoms with van der Waals surface area (Å²) < 4.78 is 0. The summed E-state index contributed by atoms with van der Waals surface area (Å²) in [6.07, 6.45) is 1.59. The molecule has 0 saturated carbocycles. The average molecular weight is 227 g/mol. The molecule has 5 nitrogen and oxygen atoms in total. The Labute approximate surface area is 96.1 Å². The molecule has 0 unspecified atom stereocenters. The highest BCUT2D eigenvalue weighted by Gasteiger charge is 2.09. The van der Waals surface area contributed by atoms with Crippen LogP contribution in [0.15, 0.2) is 30.5 Å². The van der Waals surface area contributed by atoms with E-state index in [1.54, 1.807) is 6.20 Å². The Morgan fingerprint density at radius 2 is 2.18 bits per heavy atom. The Kier molecular flexibility index (Phi) is 2.04. The van der Waals surface area contributed by atoms with Crippen LogP contribution in [0.2, 0.25) is 0 Å². The standard InChI is InChI=1S/C12H9N3O2/c16-10(17)6-9-14-8-4-3-7-2-1-5-13-11(7)12(8)15-9/h1-5H,6H2,(H,14,15)(H,16,17). The minimum atomic E-state index is -0.902. The Hall–Kier alpha value is -2.43.